The van der Waals surface area contributed by atoms with Crippen LogP contribution in [0.1, 0.15) is 53.4 Å². The van der Waals surface area contributed by atoms with Gasteiger partial charge in [-0.2, -0.15) is 0 Å². The normalized spacial score (nSPS) is 14.2. The Morgan fingerprint density at radius 3 is 2.48 bits per heavy atom. The van der Waals surface area contributed by atoms with Crippen LogP contribution in [0.25, 0.3) is 11.2 Å². The van der Waals surface area contributed by atoms with Crippen LogP contribution in [-0.2, 0) is 30.2 Å². The van der Waals surface area contributed by atoms with Crippen molar-refractivity contribution in [2.24, 2.45) is 20.0 Å². The molecule has 0 aliphatic rings. The fraction of sp³-hybridized carbons (Fsp3) is 0.700. The number of carbonyl (C=O) groups excluding carboxylic acids is 1. The molecule has 0 spiro atoms. The Bertz CT molecular complexity index is 983. The minimum absolute atomic E-state index is 0.204. The van der Waals surface area contributed by atoms with Crippen LogP contribution >= 0.6 is 15.9 Å². The summed E-state index contributed by atoms with van der Waals surface area (Å²) in [6.45, 7) is 7.90. The van der Waals surface area contributed by atoms with E-state index in [0.717, 1.165) is 25.7 Å². The van der Waals surface area contributed by atoms with E-state index in [4.69, 9.17) is 4.74 Å². The maximum Gasteiger partial charge on any atom is 0.332 e. The van der Waals surface area contributed by atoms with Gasteiger partial charge in [0.2, 0.25) is 0 Å². The summed E-state index contributed by atoms with van der Waals surface area (Å²) in [6.07, 6.45) is 4.57. The molecule has 0 aliphatic carbocycles. The minimum Gasteiger partial charge on any atom is -0.461 e. The lowest BCUT2D eigenvalue weighted by Gasteiger charge is -2.29. The number of hydrogen-bond donors (Lipinski definition) is 0. The van der Waals surface area contributed by atoms with Crippen LogP contribution in [0.4, 0.5) is 0 Å². The number of imidazole rings is 1. The van der Waals surface area contributed by atoms with Crippen LogP contribution in [0.5, 0.6) is 0 Å². The van der Waals surface area contributed by atoms with Crippen LogP contribution in [0.3, 0.4) is 0 Å². The molecule has 1 unspecified atom stereocenters. The fourth-order valence-electron chi connectivity index (χ4n) is 3.51. The van der Waals surface area contributed by atoms with E-state index in [9.17, 15) is 14.4 Å². The highest BCUT2D eigenvalue weighted by atomic mass is 79.9. The molecule has 2 rings (SSSR count). The first-order valence-electron chi connectivity index (χ1n) is 9.90. The van der Waals surface area contributed by atoms with Gasteiger partial charge in [-0.15, -0.1) is 0 Å². The molecular formula is C20H31BrN4O4. The minimum atomic E-state index is -0.343. The fourth-order valence-corrected chi connectivity index (χ4v) is 3.84. The Balaban J connectivity index is 1.99. The quantitative estimate of drug-likeness (QED) is 0.415. The molecule has 2 heterocycles. The largest absolute Gasteiger partial charge is 0.461 e. The molecule has 0 N–H and O–H groups in total. The molecule has 0 aliphatic heterocycles. The molecule has 0 amide bonds. The first-order chi connectivity index (χ1) is 13.4. The van der Waals surface area contributed by atoms with Crippen molar-refractivity contribution in [1.82, 2.24) is 18.7 Å². The van der Waals surface area contributed by atoms with Gasteiger partial charge in [0.15, 0.2) is 11.2 Å². The first-order valence-corrected chi connectivity index (χ1v) is 10.7. The highest BCUT2D eigenvalue weighted by Gasteiger charge is 2.29. The van der Waals surface area contributed by atoms with E-state index in [1.807, 2.05) is 13.8 Å². The molecule has 0 fully saturated rings. The molecule has 0 bridgehead atoms. The van der Waals surface area contributed by atoms with Crippen LogP contribution in [0.2, 0.25) is 0 Å². The van der Waals surface area contributed by atoms with Gasteiger partial charge >= 0.3 is 11.7 Å². The van der Waals surface area contributed by atoms with Crippen LogP contribution in [0, 0.1) is 5.92 Å². The number of nitrogens with zero attached hydrogens (tertiary/aromatic N) is 4. The summed E-state index contributed by atoms with van der Waals surface area (Å²) >= 11 is 3.59. The molecule has 2 atom stereocenters. The number of carbonyl (C=O) groups is 1. The number of aryl methyl sites for hydroxylation is 2. The molecular weight excluding hydrogens is 440 g/mol. The molecule has 8 nitrogen and oxygen atoms in total. The third-order valence-electron chi connectivity index (χ3n) is 5.28. The number of aromatic nitrogens is 4. The van der Waals surface area contributed by atoms with Crippen LogP contribution in [-0.4, -0.2) is 35.1 Å². The van der Waals surface area contributed by atoms with Crippen molar-refractivity contribution in [2.45, 2.75) is 70.4 Å². The predicted molar refractivity (Wildman–Crippen MR) is 116 cm³/mol. The number of halogens is 1. The van der Waals surface area contributed by atoms with Crippen molar-refractivity contribution >= 4 is 33.1 Å². The third-order valence-corrected chi connectivity index (χ3v) is 5.79. The van der Waals surface area contributed by atoms with E-state index >= 15 is 0 Å². The number of fused-ring (bicyclic) bond motifs is 1. The smallest absolute Gasteiger partial charge is 0.332 e. The average Bonchev–Trinajstić information content (AvgIpc) is 3.00. The van der Waals surface area contributed by atoms with E-state index in [2.05, 4.69) is 27.8 Å². The average molecular weight is 471 g/mol. The predicted octanol–water partition coefficient (Wildman–Crippen LogP) is 2.74. The zero-order valence-electron chi connectivity index (χ0n) is 18.1. The van der Waals surface area contributed by atoms with Gasteiger partial charge in [0, 0.05) is 27.6 Å². The maximum absolute atomic E-state index is 12.7. The van der Waals surface area contributed by atoms with Gasteiger partial charge in [0.05, 0.1) is 10.7 Å². The van der Waals surface area contributed by atoms with E-state index in [0.29, 0.717) is 23.6 Å². The van der Waals surface area contributed by atoms with Crippen LogP contribution in [0.15, 0.2) is 15.9 Å². The van der Waals surface area contributed by atoms with Crippen molar-refractivity contribution < 1.29 is 9.53 Å². The summed E-state index contributed by atoms with van der Waals surface area (Å²) in [5.74, 6) is 0.0962. The van der Waals surface area contributed by atoms with Gasteiger partial charge < -0.3 is 9.30 Å². The van der Waals surface area contributed by atoms with E-state index in [1.54, 1.807) is 25.0 Å². The van der Waals surface area contributed by atoms with Gasteiger partial charge in [-0.05, 0) is 45.4 Å². The van der Waals surface area contributed by atoms with Gasteiger partial charge in [0.1, 0.15) is 6.10 Å². The molecule has 29 heavy (non-hydrogen) atoms. The Kier molecular flexibility index (Phi) is 7.48. The number of rotatable bonds is 9. The topological polar surface area (TPSA) is 88.1 Å². The maximum atomic E-state index is 12.7. The molecule has 9 heteroatoms. The summed E-state index contributed by atoms with van der Waals surface area (Å²) in [4.78, 5) is 40.8. The van der Waals surface area contributed by atoms with Crippen LogP contribution < -0.4 is 11.2 Å². The van der Waals surface area contributed by atoms with Gasteiger partial charge in [-0.1, -0.05) is 22.9 Å². The van der Waals surface area contributed by atoms with E-state index in [-0.39, 0.29) is 27.6 Å². The summed E-state index contributed by atoms with van der Waals surface area (Å²) in [5.41, 5.74) is 0.196. The van der Waals surface area contributed by atoms with Gasteiger partial charge in [-0.3, -0.25) is 18.7 Å². The Morgan fingerprint density at radius 2 is 1.90 bits per heavy atom. The van der Waals surface area contributed by atoms with Crippen molar-refractivity contribution in [1.29, 1.82) is 0 Å². The highest BCUT2D eigenvalue weighted by Crippen LogP contribution is 2.29. The second-order valence-corrected chi connectivity index (χ2v) is 10.4. The summed E-state index contributed by atoms with van der Waals surface area (Å²) in [7, 11) is 3.38. The lowest BCUT2D eigenvalue weighted by Crippen LogP contribution is -2.39. The van der Waals surface area contributed by atoms with E-state index < -0.39 is 0 Å². The monoisotopic (exact) mass is 470 g/mol. The van der Waals surface area contributed by atoms with Crippen molar-refractivity contribution in [3.05, 3.63) is 27.2 Å². The van der Waals surface area contributed by atoms with Crippen molar-refractivity contribution in [2.75, 3.05) is 0 Å². The Labute approximate surface area is 179 Å². The summed E-state index contributed by atoms with van der Waals surface area (Å²) in [5, 5.41) is 0. The van der Waals surface area contributed by atoms with Crippen molar-refractivity contribution in [3.8, 4) is 0 Å². The molecule has 2 aromatic rings. The van der Waals surface area contributed by atoms with Gasteiger partial charge in [0.25, 0.3) is 5.56 Å². The second-order valence-electron chi connectivity index (χ2n) is 8.31. The van der Waals surface area contributed by atoms with Gasteiger partial charge in [-0.25, -0.2) is 9.78 Å². The van der Waals surface area contributed by atoms with E-state index in [1.165, 1.54) is 16.1 Å². The molecule has 0 aromatic carbocycles. The Hall–Kier alpha value is -1.90. The third kappa shape index (κ3) is 5.58. The summed E-state index contributed by atoms with van der Waals surface area (Å²) in [6, 6.07) is 0. The lowest BCUT2D eigenvalue weighted by atomic mass is 9.94. The molecule has 162 valence electrons. The summed E-state index contributed by atoms with van der Waals surface area (Å²) < 4.78 is 9.51. The number of esters is 1. The molecule has 2 aromatic heterocycles. The van der Waals surface area contributed by atoms with Crippen molar-refractivity contribution in [3.63, 3.8) is 0 Å². The lowest BCUT2D eigenvalue weighted by molar-refractivity contribution is -0.148. The second kappa shape index (κ2) is 9.28. The zero-order valence-corrected chi connectivity index (χ0v) is 19.7. The SMILES string of the molecule is CC(=O)OC(CC[C@@H](C)CCCn1c(=O)c2c(ncn2C)n(C)c1=O)C(C)(C)Br. The molecule has 0 saturated heterocycles. The zero-order chi connectivity index (χ0) is 21.9. The molecule has 0 radical (unpaired) electrons. The molecule has 0 saturated carbocycles. The first kappa shape index (κ1) is 23.4. The highest BCUT2D eigenvalue weighted by molar-refractivity contribution is 9.10. The number of ether oxygens (including phenoxy) is 1. The number of hydrogen-bond acceptors (Lipinski definition) is 5. The number of alkyl halides is 1. The standard InChI is InChI=1S/C20H31BrN4O4/c1-13(9-10-15(20(3,4)21)29-14(2)26)8-7-11-25-18(27)16-17(22-12-23(16)5)24(6)19(25)28/h12-13,15H,7-11H2,1-6H3/t13-,15?/m0/s1. The Morgan fingerprint density at radius 1 is 1.24 bits per heavy atom.